The lowest BCUT2D eigenvalue weighted by Gasteiger charge is -2.46. The monoisotopic (exact) mass is 298 g/mol. The molecule has 4 rings (SSSR count). The molecule has 0 aliphatic carbocycles. The highest BCUT2D eigenvalue weighted by molar-refractivity contribution is 5.81. The maximum absolute atomic E-state index is 12.3. The minimum Gasteiger partial charge on any atom is -0.342 e. The number of nitrogens with one attached hydrogen (secondary N) is 1. The second kappa shape index (κ2) is 5.72. The molecule has 1 aromatic heterocycles. The fourth-order valence-electron chi connectivity index (χ4n) is 3.52. The van der Waals surface area contributed by atoms with E-state index in [-0.39, 0.29) is 5.91 Å². The summed E-state index contributed by atoms with van der Waals surface area (Å²) in [6, 6.07) is 8.49. The molecule has 0 unspecified atom stereocenters. The summed E-state index contributed by atoms with van der Waals surface area (Å²) in [5.74, 6) is 0.958. The van der Waals surface area contributed by atoms with Gasteiger partial charge in [0.05, 0.1) is 17.5 Å². The molecule has 0 bridgehead atoms. The molecule has 3 heterocycles. The Labute approximate surface area is 130 Å². The van der Waals surface area contributed by atoms with E-state index in [1.165, 1.54) is 32.4 Å². The molecule has 0 atom stereocenters. The number of hydrogen-bond donors (Lipinski definition) is 1. The number of carbonyl (C=O) groups is 1. The highest BCUT2D eigenvalue weighted by atomic mass is 16.2. The number of H-pyrrole nitrogens is 1. The van der Waals surface area contributed by atoms with Crippen molar-refractivity contribution in [2.24, 2.45) is 0 Å². The fourth-order valence-corrected chi connectivity index (χ4v) is 3.52. The van der Waals surface area contributed by atoms with Crippen molar-refractivity contribution in [3.05, 3.63) is 30.1 Å². The summed E-state index contributed by atoms with van der Waals surface area (Å²) < 4.78 is 0. The highest BCUT2D eigenvalue weighted by Gasteiger charge is 2.35. The molecule has 0 saturated carbocycles. The van der Waals surface area contributed by atoms with Gasteiger partial charge in [-0.1, -0.05) is 18.6 Å². The van der Waals surface area contributed by atoms with Crippen molar-refractivity contribution < 1.29 is 4.79 Å². The van der Waals surface area contributed by atoms with E-state index < -0.39 is 0 Å². The number of aromatic amines is 1. The van der Waals surface area contributed by atoms with Gasteiger partial charge in [0.15, 0.2) is 0 Å². The van der Waals surface area contributed by atoms with Crippen LogP contribution in [-0.2, 0) is 11.2 Å². The Bertz CT molecular complexity index is 635. The average Bonchev–Trinajstić information content (AvgIpc) is 2.89. The molecule has 2 aromatic rings. The highest BCUT2D eigenvalue weighted by Crippen LogP contribution is 2.20. The second-order valence-corrected chi connectivity index (χ2v) is 6.43. The first kappa shape index (κ1) is 13.8. The summed E-state index contributed by atoms with van der Waals surface area (Å²) in [6.45, 7) is 4.19. The minimum atomic E-state index is 0.187. The normalized spacial score (nSPS) is 20.3. The number of nitrogens with zero attached hydrogens (tertiary/aromatic N) is 3. The van der Waals surface area contributed by atoms with Gasteiger partial charge in [0.2, 0.25) is 5.91 Å². The molecule has 2 aliphatic rings. The third kappa shape index (κ3) is 2.61. The van der Waals surface area contributed by atoms with E-state index in [2.05, 4.69) is 14.9 Å². The molecule has 1 N–H and O–H groups in total. The van der Waals surface area contributed by atoms with Gasteiger partial charge in [0, 0.05) is 19.1 Å². The zero-order valence-electron chi connectivity index (χ0n) is 12.8. The molecule has 2 fully saturated rings. The van der Waals surface area contributed by atoms with Crippen LogP contribution in [0.5, 0.6) is 0 Å². The number of benzene rings is 1. The third-order valence-electron chi connectivity index (χ3n) is 4.88. The molecule has 5 nitrogen and oxygen atoms in total. The molecule has 1 aromatic carbocycles. The van der Waals surface area contributed by atoms with E-state index >= 15 is 0 Å². The van der Waals surface area contributed by atoms with Gasteiger partial charge in [0.25, 0.3) is 0 Å². The van der Waals surface area contributed by atoms with Crippen LogP contribution in [0, 0.1) is 0 Å². The van der Waals surface area contributed by atoms with Crippen LogP contribution in [0.15, 0.2) is 24.3 Å². The van der Waals surface area contributed by atoms with Crippen LogP contribution in [0.4, 0.5) is 0 Å². The van der Waals surface area contributed by atoms with Crippen LogP contribution in [0.25, 0.3) is 11.0 Å². The predicted octanol–water partition coefficient (Wildman–Crippen LogP) is 1.80. The maximum Gasteiger partial charge on any atom is 0.230 e. The van der Waals surface area contributed by atoms with Crippen molar-refractivity contribution in [1.29, 1.82) is 0 Å². The zero-order chi connectivity index (χ0) is 14.9. The molecular weight excluding hydrogens is 276 g/mol. The Morgan fingerprint density at radius 3 is 2.73 bits per heavy atom. The maximum atomic E-state index is 12.3. The first-order valence-corrected chi connectivity index (χ1v) is 8.25. The van der Waals surface area contributed by atoms with Gasteiger partial charge < -0.3 is 9.88 Å². The number of rotatable bonds is 3. The fraction of sp³-hybridized carbons (Fsp3) is 0.529. The summed E-state index contributed by atoms with van der Waals surface area (Å²) in [6.07, 6.45) is 4.35. The summed E-state index contributed by atoms with van der Waals surface area (Å²) in [5, 5.41) is 0. The van der Waals surface area contributed by atoms with Gasteiger partial charge in [-0.3, -0.25) is 9.69 Å². The number of amides is 1. The lowest BCUT2D eigenvalue weighted by Crippen LogP contribution is -2.62. The van der Waals surface area contributed by atoms with E-state index in [0.29, 0.717) is 12.5 Å². The van der Waals surface area contributed by atoms with Gasteiger partial charge in [0.1, 0.15) is 5.82 Å². The number of piperidine rings is 1. The van der Waals surface area contributed by atoms with E-state index in [1.54, 1.807) is 0 Å². The largest absolute Gasteiger partial charge is 0.342 e. The zero-order valence-corrected chi connectivity index (χ0v) is 12.8. The quantitative estimate of drug-likeness (QED) is 0.940. The Kier molecular flexibility index (Phi) is 3.58. The number of likely N-dealkylation sites (tertiary alicyclic amines) is 2. The number of aromatic nitrogens is 2. The van der Waals surface area contributed by atoms with Crippen molar-refractivity contribution in [1.82, 2.24) is 19.8 Å². The van der Waals surface area contributed by atoms with E-state index in [4.69, 9.17) is 0 Å². The molecule has 22 heavy (non-hydrogen) atoms. The van der Waals surface area contributed by atoms with Gasteiger partial charge in [-0.2, -0.15) is 0 Å². The Morgan fingerprint density at radius 1 is 1.18 bits per heavy atom. The van der Waals surface area contributed by atoms with E-state index in [0.717, 1.165) is 29.9 Å². The first-order chi connectivity index (χ1) is 10.8. The SMILES string of the molecule is O=C(Cc1nc2ccccc2[nH]1)N1CC(N2CCCCC2)C1. The van der Waals surface area contributed by atoms with Crippen LogP contribution in [0.3, 0.4) is 0 Å². The number of imidazole rings is 1. The van der Waals surface area contributed by atoms with Gasteiger partial charge >= 0.3 is 0 Å². The summed E-state index contributed by atoms with van der Waals surface area (Å²) >= 11 is 0. The number of carbonyl (C=O) groups excluding carboxylic acids is 1. The predicted molar refractivity (Wildman–Crippen MR) is 85.6 cm³/mol. The van der Waals surface area contributed by atoms with Crippen molar-refractivity contribution >= 4 is 16.9 Å². The molecular formula is C17H22N4O. The van der Waals surface area contributed by atoms with E-state index in [9.17, 15) is 4.79 Å². The molecule has 2 saturated heterocycles. The van der Waals surface area contributed by atoms with Gasteiger partial charge in [-0.05, 0) is 38.1 Å². The van der Waals surface area contributed by atoms with Crippen LogP contribution >= 0.6 is 0 Å². The standard InChI is InChI=1S/C17H22N4O/c22-17(10-16-18-14-6-2-3-7-15(14)19-16)21-11-13(12-21)20-8-4-1-5-9-20/h2-3,6-7,13H,1,4-5,8-12H2,(H,18,19). The number of hydrogen-bond acceptors (Lipinski definition) is 3. The molecule has 5 heteroatoms. The average molecular weight is 298 g/mol. The second-order valence-electron chi connectivity index (χ2n) is 6.43. The third-order valence-corrected chi connectivity index (χ3v) is 4.88. The Morgan fingerprint density at radius 2 is 1.95 bits per heavy atom. The van der Waals surface area contributed by atoms with Crippen molar-refractivity contribution in [2.45, 2.75) is 31.7 Å². The first-order valence-electron chi connectivity index (χ1n) is 8.25. The van der Waals surface area contributed by atoms with Gasteiger partial charge in [-0.15, -0.1) is 0 Å². The molecule has 0 radical (unpaired) electrons. The van der Waals surface area contributed by atoms with Crippen molar-refractivity contribution in [2.75, 3.05) is 26.2 Å². The van der Waals surface area contributed by atoms with Crippen LogP contribution in [-0.4, -0.2) is 57.9 Å². The summed E-state index contributed by atoms with van der Waals surface area (Å²) in [4.78, 5) is 24.6. The molecule has 116 valence electrons. The van der Waals surface area contributed by atoms with Crippen LogP contribution in [0.1, 0.15) is 25.1 Å². The lowest BCUT2D eigenvalue weighted by molar-refractivity contribution is -0.138. The van der Waals surface area contributed by atoms with Gasteiger partial charge in [-0.25, -0.2) is 4.98 Å². The number of fused-ring (bicyclic) bond motifs is 1. The topological polar surface area (TPSA) is 52.2 Å². The van der Waals surface area contributed by atoms with Crippen molar-refractivity contribution in [3.63, 3.8) is 0 Å². The summed E-state index contributed by atoms with van der Waals surface area (Å²) in [7, 11) is 0. The molecule has 0 spiro atoms. The number of para-hydroxylation sites is 2. The summed E-state index contributed by atoms with van der Waals surface area (Å²) in [5.41, 5.74) is 1.93. The molecule has 2 aliphatic heterocycles. The van der Waals surface area contributed by atoms with Crippen LogP contribution < -0.4 is 0 Å². The van der Waals surface area contributed by atoms with E-state index in [1.807, 2.05) is 29.2 Å². The minimum absolute atomic E-state index is 0.187. The van der Waals surface area contributed by atoms with Crippen LogP contribution in [0.2, 0.25) is 0 Å². The Hall–Kier alpha value is -1.88. The smallest absolute Gasteiger partial charge is 0.230 e. The molecule has 1 amide bonds. The Balaban J connectivity index is 1.33. The van der Waals surface area contributed by atoms with Crippen molar-refractivity contribution in [3.8, 4) is 0 Å². The lowest BCUT2D eigenvalue weighted by atomic mass is 10.0.